The third-order valence-electron chi connectivity index (χ3n) is 3.07. The molecule has 5 nitrogen and oxygen atoms in total. The molecule has 1 aromatic rings. The summed E-state index contributed by atoms with van der Waals surface area (Å²) in [7, 11) is 1.74. The maximum absolute atomic E-state index is 11.9. The monoisotopic (exact) mass is 247 g/mol. The van der Waals surface area contributed by atoms with Crippen LogP contribution < -0.4 is 16.0 Å². The van der Waals surface area contributed by atoms with Crippen LogP contribution in [0.1, 0.15) is 18.4 Å². The maximum atomic E-state index is 11.9. The van der Waals surface area contributed by atoms with Crippen LogP contribution in [0.15, 0.2) is 18.2 Å². The number of hydrogen-bond acceptors (Lipinski definition) is 3. The van der Waals surface area contributed by atoms with Crippen molar-refractivity contribution in [2.45, 2.75) is 19.3 Å². The average Bonchev–Trinajstić information content (AvgIpc) is 2.73. The second-order valence-electron chi connectivity index (χ2n) is 4.41. The number of fused-ring (bicyclic) bond motifs is 1. The average molecular weight is 247 g/mol. The number of anilines is 2. The summed E-state index contributed by atoms with van der Waals surface area (Å²) in [4.78, 5) is 24.7. The van der Waals surface area contributed by atoms with Gasteiger partial charge in [0.1, 0.15) is 0 Å². The fourth-order valence-electron chi connectivity index (χ4n) is 1.99. The molecule has 18 heavy (non-hydrogen) atoms. The maximum Gasteiger partial charge on any atom is 0.228 e. The van der Waals surface area contributed by atoms with Crippen molar-refractivity contribution >= 4 is 23.2 Å². The van der Waals surface area contributed by atoms with E-state index in [1.807, 2.05) is 18.2 Å². The van der Waals surface area contributed by atoms with E-state index in [1.165, 1.54) is 0 Å². The number of rotatable bonds is 4. The Morgan fingerprint density at radius 1 is 1.50 bits per heavy atom. The van der Waals surface area contributed by atoms with Crippen molar-refractivity contribution in [3.63, 3.8) is 0 Å². The van der Waals surface area contributed by atoms with Gasteiger partial charge in [0.05, 0.1) is 6.42 Å². The zero-order chi connectivity index (χ0) is 13.1. The Morgan fingerprint density at radius 2 is 2.28 bits per heavy atom. The first kappa shape index (κ1) is 12.6. The fourth-order valence-corrected chi connectivity index (χ4v) is 1.99. The lowest BCUT2D eigenvalue weighted by atomic mass is 10.1. The number of amides is 2. The second kappa shape index (κ2) is 5.18. The highest BCUT2D eigenvalue weighted by atomic mass is 16.2. The number of hydrogen-bond donors (Lipinski definition) is 2. The first-order valence-corrected chi connectivity index (χ1v) is 6.01. The van der Waals surface area contributed by atoms with Crippen molar-refractivity contribution in [3.8, 4) is 0 Å². The smallest absolute Gasteiger partial charge is 0.228 e. The van der Waals surface area contributed by atoms with E-state index in [2.05, 4.69) is 5.32 Å². The normalized spacial score (nSPS) is 13.1. The van der Waals surface area contributed by atoms with Gasteiger partial charge in [-0.3, -0.25) is 9.59 Å². The van der Waals surface area contributed by atoms with E-state index in [9.17, 15) is 9.59 Å². The minimum Gasteiger partial charge on any atom is -0.330 e. The number of carbonyl (C=O) groups is 2. The van der Waals surface area contributed by atoms with E-state index in [4.69, 9.17) is 5.73 Å². The van der Waals surface area contributed by atoms with Gasteiger partial charge < -0.3 is 16.0 Å². The molecule has 0 aromatic heterocycles. The number of nitrogens with zero attached hydrogens (tertiary/aromatic N) is 1. The minimum atomic E-state index is -0.000684. The van der Waals surface area contributed by atoms with Crippen LogP contribution in [0.2, 0.25) is 0 Å². The molecule has 0 aliphatic carbocycles. The summed E-state index contributed by atoms with van der Waals surface area (Å²) < 4.78 is 0. The largest absolute Gasteiger partial charge is 0.330 e. The van der Waals surface area contributed by atoms with Gasteiger partial charge in [-0.25, -0.2) is 0 Å². The lowest BCUT2D eigenvalue weighted by molar-refractivity contribution is -0.118. The Labute approximate surface area is 106 Å². The van der Waals surface area contributed by atoms with E-state index in [0.29, 0.717) is 25.8 Å². The fraction of sp³-hybridized carbons (Fsp3) is 0.385. The van der Waals surface area contributed by atoms with E-state index in [0.717, 1.165) is 16.9 Å². The first-order chi connectivity index (χ1) is 8.61. The molecule has 1 aliphatic heterocycles. The summed E-state index contributed by atoms with van der Waals surface area (Å²) in [6.07, 6.45) is 1.52. The minimum absolute atomic E-state index is 0.000684. The molecule has 0 fully saturated rings. The van der Waals surface area contributed by atoms with E-state index in [1.54, 1.807) is 11.9 Å². The van der Waals surface area contributed by atoms with Crippen molar-refractivity contribution in [2.75, 3.05) is 23.8 Å². The molecular weight excluding hydrogens is 230 g/mol. The van der Waals surface area contributed by atoms with Gasteiger partial charge in [-0.1, -0.05) is 0 Å². The summed E-state index contributed by atoms with van der Waals surface area (Å²) >= 11 is 0. The van der Waals surface area contributed by atoms with Gasteiger partial charge in [0, 0.05) is 24.8 Å². The van der Waals surface area contributed by atoms with Gasteiger partial charge in [0.2, 0.25) is 11.8 Å². The quantitative estimate of drug-likeness (QED) is 0.829. The van der Waals surface area contributed by atoms with Crippen LogP contribution in [-0.4, -0.2) is 25.4 Å². The molecule has 96 valence electrons. The summed E-state index contributed by atoms with van der Waals surface area (Å²) in [5.41, 5.74) is 7.98. The van der Waals surface area contributed by atoms with Gasteiger partial charge in [-0.05, 0) is 36.7 Å². The Balaban J connectivity index is 2.12. The van der Waals surface area contributed by atoms with Crippen molar-refractivity contribution in [1.29, 1.82) is 0 Å². The Bertz CT molecular complexity index is 485. The molecular formula is C13H17N3O2. The Hall–Kier alpha value is -1.88. The molecule has 0 saturated heterocycles. The zero-order valence-electron chi connectivity index (χ0n) is 10.4. The van der Waals surface area contributed by atoms with E-state index >= 15 is 0 Å². The molecule has 0 atom stereocenters. The standard InChI is InChI=1S/C13H17N3O2/c1-16(13(18)3-2-6-14)10-4-5-11-9(7-10)8-12(17)15-11/h4-5,7H,2-3,6,8,14H2,1H3,(H,15,17). The molecule has 0 radical (unpaired) electrons. The van der Waals surface area contributed by atoms with Crippen molar-refractivity contribution in [2.24, 2.45) is 5.73 Å². The van der Waals surface area contributed by atoms with Gasteiger partial charge in [-0.2, -0.15) is 0 Å². The van der Waals surface area contributed by atoms with Gasteiger partial charge in [0.25, 0.3) is 0 Å². The van der Waals surface area contributed by atoms with Crippen LogP contribution in [0.25, 0.3) is 0 Å². The summed E-state index contributed by atoms with van der Waals surface area (Å²) in [5, 5.41) is 2.77. The highest BCUT2D eigenvalue weighted by Crippen LogP contribution is 2.27. The Kier molecular flexibility index (Phi) is 3.62. The van der Waals surface area contributed by atoms with E-state index in [-0.39, 0.29) is 11.8 Å². The zero-order valence-corrected chi connectivity index (χ0v) is 10.4. The van der Waals surface area contributed by atoms with Gasteiger partial charge in [0.15, 0.2) is 0 Å². The molecule has 5 heteroatoms. The molecule has 0 saturated carbocycles. The third-order valence-corrected chi connectivity index (χ3v) is 3.07. The van der Waals surface area contributed by atoms with Crippen LogP contribution in [0, 0.1) is 0 Å². The van der Waals surface area contributed by atoms with E-state index < -0.39 is 0 Å². The second-order valence-corrected chi connectivity index (χ2v) is 4.41. The van der Waals surface area contributed by atoms with Gasteiger partial charge in [-0.15, -0.1) is 0 Å². The summed E-state index contributed by atoms with van der Waals surface area (Å²) in [6.45, 7) is 0.516. The molecule has 1 aliphatic rings. The lowest BCUT2D eigenvalue weighted by Gasteiger charge is -2.18. The molecule has 1 heterocycles. The van der Waals surface area contributed by atoms with Crippen LogP contribution >= 0.6 is 0 Å². The number of nitrogens with one attached hydrogen (secondary N) is 1. The van der Waals surface area contributed by atoms with Crippen LogP contribution in [0.3, 0.4) is 0 Å². The number of nitrogens with two attached hydrogens (primary N) is 1. The number of benzene rings is 1. The Morgan fingerprint density at radius 3 is 3.00 bits per heavy atom. The molecule has 2 amide bonds. The summed E-state index contributed by atoms with van der Waals surface area (Å²) in [5.74, 6) is 0.0388. The topological polar surface area (TPSA) is 75.4 Å². The summed E-state index contributed by atoms with van der Waals surface area (Å²) in [6, 6.07) is 5.56. The van der Waals surface area contributed by atoms with Crippen LogP contribution in [0.4, 0.5) is 11.4 Å². The SMILES string of the molecule is CN(C(=O)CCCN)c1ccc2c(c1)CC(=O)N2. The molecule has 3 N–H and O–H groups in total. The molecule has 2 rings (SSSR count). The predicted octanol–water partition coefficient (Wildman–Crippen LogP) is 0.883. The lowest BCUT2D eigenvalue weighted by Crippen LogP contribution is -2.26. The van der Waals surface area contributed by atoms with Gasteiger partial charge >= 0.3 is 0 Å². The highest BCUT2D eigenvalue weighted by Gasteiger charge is 2.19. The van der Waals surface area contributed by atoms with Crippen molar-refractivity contribution in [3.05, 3.63) is 23.8 Å². The molecule has 0 unspecified atom stereocenters. The molecule has 0 spiro atoms. The first-order valence-electron chi connectivity index (χ1n) is 6.01. The van der Waals surface area contributed by atoms with Crippen LogP contribution in [-0.2, 0) is 16.0 Å². The number of carbonyl (C=O) groups excluding carboxylic acids is 2. The third kappa shape index (κ3) is 2.51. The van der Waals surface area contributed by atoms with Crippen molar-refractivity contribution in [1.82, 2.24) is 0 Å². The van der Waals surface area contributed by atoms with Crippen LogP contribution in [0.5, 0.6) is 0 Å². The van der Waals surface area contributed by atoms with Crippen molar-refractivity contribution < 1.29 is 9.59 Å². The molecule has 1 aromatic carbocycles. The highest BCUT2D eigenvalue weighted by molar-refractivity contribution is 6.00. The molecule has 0 bridgehead atoms. The predicted molar refractivity (Wildman–Crippen MR) is 70.5 cm³/mol.